The third-order valence-electron chi connectivity index (χ3n) is 7.75. The summed E-state index contributed by atoms with van der Waals surface area (Å²) in [6, 6.07) is 38.4. The highest BCUT2D eigenvalue weighted by Crippen LogP contribution is 2.37. The minimum Gasteiger partial charge on any atom is -0.489 e. The van der Waals surface area contributed by atoms with Crippen LogP contribution >= 0.6 is 22.6 Å². The zero-order valence-electron chi connectivity index (χ0n) is 26.6. The molecule has 0 saturated carbocycles. The minimum atomic E-state index is -4.84. The third kappa shape index (κ3) is 8.39. The van der Waals surface area contributed by atoms with Gasteiger partial charge in [0, 0.05) is 11.3 Å². The van der Waals surface area contributed by atoms with Crippen LogP contribution in [0.15, 0.2) is 127 Å². The first-order valence-corrected chi connectivity index (χ1v) is 16.6. The molecule has 2 N–H and O–H groups in total. The number of amides is 1. The van der Waals surface area contributed by atoms with Crippen LogP contribution in [0, 0.1) is 14.9 Å². The van der Waals surface area contributed by atoms with Crippen molar-refractivity contribution in [2.24, 2.45) is 0 Å². The molecule has 0 fully saturated rings. The number of alkyl halides is 3. The van der Waals surface area contributed by atoms with Crippen molar-refractivity contribution in [1.29, 1.82) is 5.26 Å². The average molecular weight is 801 g/mol. The van der Waals surface area contributed by atoms with Crippen molar-refractivity contribution in [3.05, 3.63) is 170 Å². The Morgan fingerprint density at radius 1 is 0.863 bits per heavy atom. The number of benzene rings is 5. The molecule has 0 spiro atoms. The number of nitrogens with zero attached hydrogens (tertiary/aromatic N) is 3. The zero-order chi connectivity index (χ0) is 36.0. The van der Waals surface area contributed by atoms with Gasteiger partial charge < -0.3 is 19.9 Å². The maximum atomic E-state index is 13.9. The molecule has 1 aromatic heterocycles. The molecule has 0 saturated heterocycles. The predicted molar refractivity (Wildman–Crippen MR) is 192 cm³/mol. The van der Waals surface area contributed by atoms with Crippen molar-refractivity contribution in [2.45, 2.75) is 25.5 Å². The molecule has 256 valence electrons. The summed E-state index contributed by atoms with van der Waals surface area (Å²) in [6.45, 7) is 0.540. The van der Waals surface area contributed by atoms with Gasteiger partial charge in [-0.05, 0) is 87.8 Å². The van der Waals surface area contributed by atoms with Crippen molar-refractivity contribution in [2.75, 3.05) is 5.32 Å². The molecular formula is C39H28F3IN4O4. The number of hydrogen-bond acceptors (Lipinski definition) is 6. The van der Waals surface area contributed by atoms with Crippen LogP contribution in [0.1, 0.15) is 50.1 Å². The van der Waals surface area contributed by atoms with Crippen LogP contribution in [-0.2, 0) is 19.4 Å². The van der Waals surface area contributed by atoms with Gasteiger partial charge in [-0.25, -0.2) is 4.68 Å². The van der Waals surface area contributed by atoms with Crippen molar-refractivity contribution >= 4 is 34.2 Å². The van der Waals surface area contributed by atoms with E-state index in [0.717, 1.165) is 15.8 Å². The van der Waals surface area contributed by atoms with E-state index in [4.69, 9.17) is 9.47 Å². The van der Waals surface area contributed by atoms with Crippen LogP contribution in [0.2, 0.25) is 0 Å². The van der Waals surface area contributed by atoms with E-state index >= 15 is 0 Å². The first-order valence-electron chi connectivity index (χ1n) is 15.5. The molecule has 0 bridgehead atoms. The molecule has 0 aliphatic heterocycles. The monoisotopic (exact) mass is 800 g/mol. The van der Waals surface area contributed by atoms with Gasteiger partial charge in [0.25, 0.3) is 5.91 Å². The predicted octanol–water partition coefficient (Wildman–Crippen LogP) is 8.86. The lowest BCUT2D eigenvalue weighted by molar-refractivity contribution is -0.142. The molecule has 8 nitrogen and oxygen atoms in total. The second kappa shape index (κ2) is 15.5. The Hall–Kier alpha value is -5.65. The summed E-state index contributed by atoms with van der Waals surface area (Å²) in [4.78, 5) is 13.7. The van der Waals surface area contributed by atoms with Crippen molar-refractivity contribution in [3.8, 4) is 23.3 Å². The number of nitriles is 1. The van der Waals surface area contributed by atoms with E-state index in [2.05, 4.69) is 10.4 Å². The normalized spacial score (nSPS) is 11.8. The van der Waals surface area contributed by atoms with E-state index in [9.17, 15) is 28.3 Å². The second-order valence-electron chi connectivity index (χ2n) is 11.3. The summed E-state index contributed by atoms with van der Waals surface area (Å²) in [6.07, 6.45) is -6.09. The van der Waals surface area contributed by atoms with Gasteiger partial charge in [0.1, 0.15) is 36.5 Å². The minimum absolute atomic E-state index is 0.106. The maximum Gasteiger partial charge on any atom is 0.436 e. The van der Waals surface area contributed by atoms with Gasteiger partial charge in [0.15, 0.2) is 5.69 Å². The standard InChI is InChI=1S/C39H28F3IN4O4/c40-39(41,42)37-34(43)35(47(46-37)30-16-7-13-27(19-30)22-44)38(49)45-29-15-8-14-28(20-29)36(48)32-21-31(50-23-25-9-3-1-4-10-25)17-18-33(32)51-24-26-11-5-2-6-12-26/h1-21,36,48H,23-24H2,(H,45,49). The molecule has 1 unspecified atom stereocenters. The summed E-state index contributed by atoms with van der Waals surface area (Å²) in [5.41, 5.74) is 1.55. The van der Waals surface area contributed by atoms with E-state index in [1.54, 1.807) is 36.4 Å². The van der Waals surface area contributed by atoms with E-state index in [0.29, 0.717) is 29.2 Å². The number of hydrogen-bond donors (Lipinski definition) is 2. The first kappa shape index (κ1) is 35.2. The van der Waals surface area contributed by atoms with E-state index in [-0.39, 0.29) is 29.2 Å². The summed E-state index contributed by atoms with van der Waals surface area (Å²) < 4.78 is 54.4. The van der Waals surface area contributed by atoms with Gasteiger partial charge in [-0.2, -0.15) is 23.5 Å². The topological polar surface area (TPSA) is 109 Å². The molecule has 0 aliphatic rings. The van der Waals surface area contributed by atoms with Gasteiger partial charge in [-0.1, -0.05) is 78.9 Å². The van der Waals surface area contributed by atoms with E-state index < -0.39 is 27.5 Å². The maximum absolute atomic E-state index is 13.9. The fourth-order valence-electron chi connectivity index (χ4n) is 5.26. The smallest absolute Gasteiger partial charge is 0.436 e. The van der Waals surface area contributed by atoms with Crippen molar-refractivity contribution < 1.29 is 32.5 Å². The fraction of sp³-hybridized carbons (Fsp3) is 0.103. The quantitative estimate of drug-likeness (QED) is 0.127. The summed E-state index contributed by atoms with van der Waals surface area (Å²) in [5, 5.41) is 27.4. The molecule has 6 rings (SSSR count). The summed E-state index contributed by atoms with van der Waals surface area (Å²) in [7, 11) is 0. The van der Waals surface area contributed by atoms with Gasteiger partial charge >= 0.3 is 6.18 Å². The van der Waals surface area contributed by atoms with Crippen LogP contribution in [0.5, 0.6) is 11.5 Å². The highest BCUT2D eigenvalue weighted by atomic mass is 127. The Morgan fingerprint density at radius 3 is 2.20 bits per heavy atom. The zero-order valence-corrected chi connectivity index (χ0v) is 28.8. The Balaban J connectivity index is 1.30. The third-order valence-corrected chi connectivity index (χ3v) is 8.77. The summed E-state index contributed by atoms with van der Waals surface area (Å²) in [5.74, 6) is 0.0263. The molecule has 1 atom stereocenters. The lowest BCUT2D eigenvalue weighted by atomic mass is 9.99. The molecule has 0 aliphatic carbocycles. The average Bonchev–Trinajstić information content (AvgIpc) is 3.51. The van der Waals surface area contributed by atoms with Gasteiger partial charge in [-0.3, -0.25) is 4.79 Å². The highest BCUT2D eigenvalue weighted by molar-refractivity contribution is 14.1. The number of aromatic nitrogens is 2. The molecular weight excluding hydrogens is 772 g/mol. The lowest BCUT2D eigenvalue weighted by Gasteiger charge is -2.19. The fourth-order valence-corrected chi connectivity index (χ4v) is 6.15. The molecule has 6 aromatic rings. The van der Waals surface area contributed by atoms with Gasteiger partial charge in [0.2, 0.25) is 0 Å². The SMILES string of the molecule is N#Cc1cccc(-n2nc(C(F)(F)F)c(I)c2C(=O)Nc2cccc(C(O)c3cc(OCc4ccccc4)ccc3OCc3ccccc3)c2)c1. The number of carbonyl (C=O) groups is 1. The Labute approximate surface area is 304 Å². The Kier molecular flexibility index (Phi) is 10.7. The van der Waals surface area contributed by atoms with Gasteiger partial charge in [-0.15, -0.1) is 0 Å². The summed E-state index contributed by atoms with van der Waals surface area (Å²) >= 11 is 1.45. The van der Waals surface area contributed by atoms with Crippen LogP contribution < -0.4 is 14.8 Å². The number of aliphatic hydroxyl groups excluding tert-OH is 1. The number of nitrogens with one attached hydrogen (secondary N) is 1. The molecule has 51 heavy (non-hydrogen) atoms. The molecule has 5 aromatic carbocycles. The highest BCUT2D eigenvalue weighted by Gasteiger charge is 2.40. The number of carbonyl (C=O) groups excluding carboxylic acids is 1. The Bertz CT molecular complexity index is 2200. The van der Waals surface area contributed by atoms with Crippen LogP contribution in [-0.4, -0.2) is 20.8 Å². The lowest BCUT2D eigenvalue weighted by Crippen LogP contribution is -2.18. The molecule has 1 heterocycles. The van der Waals surface area contributed by atoms with Crippen LogP contribution in [0.4, 0.5) is 18.9 Å². The number of halogens is 4. The number of aliphatic hydroxyl groups is 1. The van der Waals surface area contributed by atoms with Crippen LogP contribution in [0.3, 0.4) is 0 Å². The number of rotatable bonds is 11. The molecule has 1 amide bonds. The van der Waals surface area contributed by atoms with E-state index in [1.807, 2.05) is 66.7 Å². The molecule has 12 heteroatoms. The van der Waals surface area contributed by atoms with Crippen molar-refractivity contribution in [1.82, 2.24) is 9.78 Å². The van der Waals surface area contributed by atoms with E-state index in [1.165, 1.54) is 52.9 Å². The van der Waals surface area contributed by atoms with Gasteiger partial charge in [0.05, 0.1) is 20.9 Å². The van der Waals surface area contributed by atoms with Crippen molar-refractivity contribution in [3.63, 3.8) is 0 Å². The Morgan fingerprint density at radius 2 is 1.53 bits per heavy atom. The second-order valence-corrected chi connectivity index (χ2v) is 12.4. The van der Waals surface area contributed by atoms with Crippen LogP contribution in [0.25, 0.3) is 5.69 Å². The molecule has 0 radical (unpaired) electrons. The number of anilines is 1. The first-order chi connectivity index (χ1) is 24.6. The largest absolute Gasteiger partial charge is 0.489 e. The number of ether oxygens (including phenoxy) is 2.